The molecular formula is C16H23NO. The zero-order chi connectivity index (χ0) is 13.2. The van der Waals surface area contributed by atoms with Gasteiger partial charge in [-0.05, 0) is 43.7 Å². The summed E-state index contributed by atoms with van der Waals surface area (Å²) in [5.74, 6) is 0.906. The van der Waals surface area contributed by atoms with Crippen LogP contribution in [-0.2, 0) is 0 Å². The molecule has 1 saturated carbocycles. The number of hydrogen-bond donors (Lipinski definition) is 0. The molecule has 0 saturated heterocycles. The van der Waals surface area contributed by atoms with Gasteiger partial charge in [0.1, 0.15) is 0 Å². The predicted molar refractivity (Wildman–Crippen MR) is 73.7 cm³/mol. The van der Waals surface area contributed by atoms with Crippen molar-refractivity contribution in [3.05, 3.63) is 29.6 Å². The van der Waals surface area contributed by atoms with Crippen molar-refractivity contribution in [2.75, 3.05) is 0 Å². The normalized spacial score (nSPS) is 18.2. The lowest BCUT2D eigenvalue weighted by Crippen LogP contribution is -2.30. The molecule has 0 unspecified atom stereocenters. The highest BCUT2D eigenvalue weighted by atomic mass is 16.1. The fourth-order valence-corrected chi connectivity index (χ4v) is 3.34. The van der Waals surface area contributed by atoms with Gasteiger partial charge >= 0.3 is 0 Å². The van der Waals surface area contributed by atoms with Crippen molar-refractivity contribution in [2.45, 2.75) is 52.9 Å². The van der Waals surface area contributed by atoms with E-state index >= 15 is 0 Å². The molecule has 1 aliphatic carbocycles. The third-order valence-corrected chi connectivity index (χ3v) is 4.13. The predicted octanol–water partition coefficient (Wildman–Crippen LogP) is 4.18. The first-order chi connectivity index (χ1) is 8.55. The Bertz CT molecular complexity index is 430. The van der Waals surface area contributed by atoms with E-state index in [0.717, 1.165) is 30.4 Å². The van der Waals surface area contributed by atoms with E-state index < -0.39 is 0 Å². The molecule has 98 valence electrons. The lowest BCUT2D eigenvalue weighted by Gasteiger charge is -2.29. The number of aromatic nitrogens is 1. The molecule has 2 nitrogen and oxygen atoms in total. The van der Waals surface area contributed by atoms with Crippen molar-refractivity contribution in [3.63, 3.8) is 0 Å². The summed E-state index contributed by atoms with van der Waals surface area (Å²) < 4.78 is 0. The van der Waals surface area contributed by atoms with Gasteiger partial charge in [-0.2, -0.15) is 0 Å². The first-order valence-corrected chi connectivity index (χ1v) is 7.00. The van der Waals surface area contributed by atoms with E-state index in [9.17, 15) is 4.79 Å². The fourth-order valence-electron chi connectivity index (χ4n) is 3.34. The number of carbonyl (C=O) groups is 1. The quantitative estimate of drug-likeness (QED) is 0.745. The van der Waals surface area contributed by atoms with E-state index in [1.54, 1.807) is 12.4 Å². The SMILES string of the molecule is Cc1ccncc1C(=O)C1(CC(C)C)CCCC1. The van der Waals surface area contributed by atoms with Gasteiger partial charge in [-0.25, -0.2) is 0 Å². The van der Waals surface area contributed by atoms with E-state index in [0.29, 0.717) is 11.7 Å². The number of pyridine rings is 1. The molecule has 1 heterocycles. The summed E-state index contributed by atoms with van der Waals surface area (Å²) >= 11 is 0. The molecule has 0 spiro atoms. The summed E-state index contributed by atoms with van der Waals surface area (Å²) in [6, 6.07) is 1.94. The monoisotopic (exact) mass is 245 g/mol. The average molecular weight is 245 g/mol. The van der Waals surface area contributed by atoms with Gasteiger partial charge in [-0.1, -0.05) is 26.7 Å². The Morgan fingerprint density at radius 3 is 2.61 bits per heavy atom. The summed E-state index contributed by atoms with van der Waals surface area (Å²) in [4.78, 5) is 17.0. The van der Waals surface area contributed by atoms with Gasteiger partial charge in [-0.3, -0.25) is 9.78 Å². The first-order valence-electron chi connectivity index (χ1n) is 7.00. The number of Topliss-reactive ketones (excluding diaryl/α,β-unsaturated/α-hetero) is 1. The molecule has 0 radical (unpaired) electrons. The fraction of sp³-hybridized carbons (Fsp3) is 0.625. The van der Waals surface area contributed by atoms with E-state index in [4.69, 9.17) is 0 Å². The first kappa shape index (κ1) is 13.3. The third-order valence-electron chi connectivity index (χ3n) is 4.13. The molecule has 1 aromatic rings. The second-order valence-corrected chi connectivity index (χ2v) is 6.11. The average Bonchev–Trinajstić information content (AvgIpc) is 2.77. The summed E-state index contributed by atoms with van der Waals surface area (Å²) in [6.45, 7) is 6.43. The second-order valence-electron chi connectivity index (χ2n) is 6.11. The number of nitrogens with zero attached hydrogens (tertiary/aromatic N) is 1. The Labute approximate surface area is 110 Å². The maximum atomic E-state index is 12.9. The van der Waals surface area contributed by atoms with E-state index in [-0.39, 0.29) is 5.41 Å². The van der Waals surface area contributed by atoms with Gasteiger partial charge in [0.25, 0.3) is 0 Å². The van der Waals surface area contributed by atoms with Crippen LogP contribution in [0.2, 0.25) is 0 Å². The minimum Gasteiger partial charge on any atom is -0.293 e. The van der Waals surface area contributed by atoms with Crippen LogP contribution in [0.25, 0.3) is 0 Å². The standard InChI is InChI=1S/C16H23NO/c1-12(2)10-16(7-4-5-8-16)15(18)14-11-17-9-6-13(14)3/h6,9,11-12H,4-5,7-8,10H2,1-3H3. The highest BCUT2D eigenvalue weighted by Crippen LogP contribution is 2.45. The Hall–Kier alpha value is -1.18. The maximum Gasteiger partial charge on any atom is 0.170 e. The molecule has 0 N–H and O–H groups in total. The summed E-state index contributed by atoms with van der Waals surface area (Å²) in [5.41, 5.74) is 1.78. The molecule has 1 aromatic heterocycles. The number of hydrogen-bond acceptors (Lipinski definition) is 2. The van der Waals surface area contributed by atoms with Crippen LogP contribution in [0.15, 0.2) is 18.5 Å². The van der Waals surface area contributed by atoms with Gasteiger partial charge < -0.3 is 0 Å². The highest BCUT2D eigenvalue weighted by Gasteiger charge is 2.41. The molecule has 0 aliphatic heterocycles. The van der Waals surface area contributed by atoms with Crippen LogP contribution < -0.4 is 0 Å². The number of rotatable bonds is 4. The van der Waals surface area contributed by atoms with Crippen molar-refractivity contribution in [2.24, 2.45) is 11.3 Å². The molecule has 1 aliphatic rings. The smallest absolute Gasteiger partial charge is 0.170 e. The lowest BCUT2D eigenvalue weighted by atomic mass is 9.73. The van der Waals surface area contributed by atoms with E-state index in [2.05, 4.69) is 18.8 Å². The van der Waals surface area contributed by atoms with Crippen LogP contribution in [-0.4, -0.2) is 10.8 Å². The van der Waals surface area contributed by atoms with Crippen LogP contribution in [0, 0.1) is 18.3 Å². The number of ketones is 1. The molecule has 2 rings (SSSR count). The van der Waals surface area contributed by atoms with Gasteiger partial charge in [0, 0.05) is 23.4 Å². The Kier molecular flexibility index (Phi) is 3.84. The molecular weight excluding hydrogens is 222 g/mol. The van der Waals surface area contributed by atoms with Gasteiger partial charge in [0.15, 0.2) is 5.78 Å². The highest BCUT2D eigenvalue weighted by molar-refractivity contribution is 6.01. The number of carbonyl (C=O) groups excluding carboxylic acids is 1. The molecule has 0 aromatic carbocycles. The molecule has 0 atom stereocenters. The van der Waals surface area contributed by atoms with E-state index in [1.807, 2.05) is 13.0 Å². The van der Waals surface area contributed by atoms with Crippen molar-refractivity contribution in [1.82, 2.24) is 4.98 Å². The van der Waals surface area contributed by atoms with Gasteiger partial charge in [0.05, 0.1) is 0 Å². The lowest BCUT2D eigenvalue weighted by molar-refractivity contribution is 0.0758. The Morgan fingerprint density at radius 2 is 2.06 bits per heavy atom. The summed E-state index contributed by atoms with van der Waals surface area (Å²) in [7, 11) is 0. The number of aryl methyl sites for hydroxylation is 1. The minimum absolute atomic E-state index is 0.109. The molecule has 0 amide bonds. The van der Waals surface area contributed by atoms with Crippen LogP contribution in [0.5, 0.6) is 0 Å². The topological polar surface area (TPSA) is 30.0 Å². The van der Waals surface area contributed by atoms with Crippen molar-refractivity contribution < 1.29 is 4.79 Å². The second kappa shape index (κ2) is 5.21. The molecule has 2 heteroatoms. The maximum absolute atomic E-state index is 12.9. The van der Waals surface area contributed by atoms with Gasteiger partial charge in [-0.15, -0.1) is 0 Å². The molecule has 0 bridgehead atoms. The zero-order valence-corrected chi connectivity index (χ0v) is 11.7. The van der Waals surface area contributed by atoms with Crippen LogP contribution in [0.1, 0.15) is 61.9 Å². The van der Waals surface area contributed by atoms with Gasteiger partial charge in [0.2, 0.25) is 0 Å². The third kappa shape index (κ3) is 2.47. The molecule has 1 fully saturated rings. The van der Waals surface area contributed by atoms with E-state index in [1.165, 1.54) is 12.8 Å². The van der Waals surface area contributed by atoms with Crippen LogP contribution in [0.3, 0.4) is 0 Å². The van der Waals surface area contributed by atoms with Crippen molar-refractivity contribution in [1.29, 1.82) is 0 Å². The minimum atomic E-state index is -0.109. The van der Waals surface area contributed by atoms with Crippen LogP contribution >= 0.6 is 0 Å². The van der Waals surface area contributed by atoms with Crippen molar-refractivity contribution in [3.8, 4) is 0 Å². The summed E-state index contributed by atoms with van der Waals surface area (Å²) in [6.07, 6.45) is 9.01. The Morgan fingerprint density at radius 1 is 1.39 bits per heavy atom. The van der Waals surface area contributed by atoms with Crippen molar-refractivity contribution >= 4 is 5.78 Å². The Balaban J connectivity index is 2.32. The largest absolute Gasteiger partial charge is 0.293 e. The molecule has 18 heavy (non-hydrogen) atoms. The summed E-state index contributed by atoms with van der Waals surface area (Å²) in [5, 5.41) is 0. The zero-order valence-electron chi connectivity index (χ0n) is 11.7. The van der Waals surface area contributed by atoms with Crippen LogP contribution in [0.4, 0.5) is 0 Å².